The van der Waals surface area contributed by atoms with Crippen molar-refractivity contribution in [3.63, 3.8) is 0 Å². The average molecular weight is 259 g/mol. The lowest BCUT2D eigenvalue weighted by Gasteiger charge is -2.12. The molecule has 0 atom stereocenters. The number of rotatable bonds is 3. The van der Waals surface area contributed by atoms with Gasteiger partial charge < -0.3 is 9.63 Å². The number of carboxylic acid groups (broad SMARTS) is 1. The summed E-state index contributed by atoms with van der Waals surface area (Å²) in [4.78, 5) is 10.7. The van der Waals surface area contributed by atoms with Crippen molar-refractivity contribution in [1.29, 1.82) is 0 Å². The molecule has 2 rings (SSSR count). The van der Waals surface area contributed by atoms with Gasteiger partial charge in [-0.25, -0.2) is 0 Å². The Morgan fingerprint density at radius 1 is 1.16 bits per heavy atom. The molecule has 0 radical (unpaired) electrons. The number of benzene rings is 1. The first-order valence-electron chi connectivity index (χ1n) is 6.15. The van der Waals surface area contributed by atoms with Crippen LogP contribution >= 0.6 is 0 Å². The average Bonchev–Trinajstić information content (AvgIpc) is 2.74. The van der Waals surface area contributed by atoms with E-state index in [1.54, 1.807) is 6.07 Å². The third kappa shape index (κ3) is 2.52. The second-order valence-electron chi connectivity index (χ2n) is 4.89. The van der Waals surface area contributed by atoms with Crippen LogP contribution in [-0.2, 0) is 11.2 Å². The van der Waals surface area contributed by atoms with Gasteiger partial charge in [0.2, 0.25) is 0 Å². The second kappa shape index (κ2) is 4.88. The molecule has 0 bridgehead atoms. The largest absolute Gasteiger partial charge is 0.481 e. The van der Waals surface area contributed by atoms with Gasteiger partial charge >= 0.3 is 5.97 Å². The van der Waals surface area contributed by atoms with Gasteiger partial charge in [0, 0.05) is 11.6 Å². The van der Waals surface area contributed by atoms with E-state index < -0.39 is 5.97 Å². The molecule has 0 spiro atoms. The fourth-order valence-corrected chi connectivity index (χ4v) is 2.25. The normalized spacial score (nSPS) is 10.7. The van der Waals surface area contributed by atoms with Crippen LogP contribution in [0.3, 0.4) is 0 Å². The van der Waals surface area contributed by atoms with E-state index in [4.69, 9.17) is 9.63 Å². The van der Waals surface area contributed by atoms with E-state index >= 15 is 0 Å². The number of aliphatic carboxylic acids is 1. The predicted octanol–water partition coefficient (Wildman–Crippen LogP) is 3.20. The summed E-state index contributed by atoms with van der Waals surface area (Å²) in [6.07, 6.45) is -0.119. The molecule has 0 aliphatic heterocycles. The molecule has 100 valence electrons. The van der Waals surface area contributed by atoms with Gasteiger partial charge in [-0.15, -0.1) is 0 Å². The summed E-state index contributed by atoms with van der Waals surface area (Å²) in [7, 11) is 0. The van der Waals surface area contributed by atoms with Gasteiger partial charge in [-0.2, -0.15) is 0 Å². The minimum absolute atomic E-state index is 0.119. The zero-order chi connectivity index (χ0) is 14.2. The van der Waals surface area contributed by atoms with Crippen molar-refractivity contribution in [2.24, 2.45) is 0 Å². The van der Waals surface area contributed by atoms with Crippen molar-refractivity contribution in [2.75, 3.05) is 0 Å². The maximum atomic E-state index is 10.7. The van der Waals surface area contributed by atoms with Crippen LogP contribution in [0.2, 0.25) is 0 Å². The highest BCUT2D eigenvalue weighted by Gasteiger charge is 2.16. The van der Waals surface area contributed by atoms with Crippen molar-refractivity contribution in [3.8, 4) is 11.3 Å². The fourth-order valence-electron chi connectivity index (χ4n) is 2.25. The van der Waals surface area contributed by atoms with Gasteiger partial charge in [0.25, 0.3) is 0 Å². The lowest BCUT2D eigenvalue weighted by atomic mass is 9.92. The summed E-state index contributed by atoms with van der Waals surface area (Å²) in [5, 5.41) is 12.6. The zero-order valence-electron chi connectivity index (χ0n) is 11.6. The quantitative estimate of drug-likeness (QED) is 0.919. The smallest absolute Gasteiger partial charge is 0.309 e. The lowest BCUT2D eigenvalue weighted by molar-refractivity contribution is -0.136. The number of aryl methyl sites for hydroxylation is 2. The number of aromatic nitrogens is 1. The van der Waals surface area contributed by atoms with Gasteiger partial charge in [-0.3, -0.25) is 4.79 Å². The molecule has 0 unspecified atom stereocenters. The molecule has 1 aromatic heterocycles. The van der Waals surface area contributed by atoms with Crippen molar-refractivity contribution in [3.05, 3.63) is 40.1 Å². The molecule has 1 aromatic carbocycles. The van der Waals surface area contributed by atoms with Gasteiger partial charge in [0.05, 0.1) is 12.1 Å². The van der Waals surface area contributed by atoms with E-state index in [0.717, 1.165) is 16.7 Å². The van der Waals surface area contributed by atoms with E-state index in [1.807, 2.05) is 13.8 Å². The standard InChI is InChI=1S/C15H17NO3/c1-8-5-9(2)11(4)15(10(8)3)13-6-12(16-19-13)7-14(17)18/h5-6H,7H2,1-4H3,(H,17,18). The third-order valence-corrected chi connectivity index (χ3v) is 3.50. The SMILES string of the molecule is Cc1cc(C)c(C)c(-c2cc(CC(=O)O)no2)c1C. The molecule has 0 saturated carbocycles. The van der Waals surface area contributed by atoms with E-state index in [0.29, 0.717) is 11.5 Å². The van der Waals surface area contributed by atoms with Crippen molar-refractivity contribution in [1.82, 2.24) is 5.16 Å². The molecule has 0 saturated heterocycles. The first-order chi connectivity index (χ1) is 8.90. The molecule has 0 fully saturated rings. The summed E-state index contributed by atoms with van der Waals surface area (Å²) in [6, 6.07) is 3.85. The highest BCUT2D eigenvalue weighted by Crippen LogP contribution is 2.31. The Kier molecular flexibility index (Phi) is 3.42. The maximum Gasteiger partial charge on any atom is 0.309 e. The van der Waals surface area contributed by atoms with Crippen LogP contribution in [0.4, 0.5) is 0 Å². The zero-order valence-corrected chi connectivity index (χ0v) is 11.6. The first-order valence-corrected chi connectivity index (χ1v) is 6.15. The Bertz CT molecular complexity index is 615. The summed E-state index contributed by atoms with van der Waals surface area (Å²) >= 11 is 0. The second-order valence-corrected chi connectivity index (χ2v) is 4.89. The Hall–Kier alpha value is -2.10. The fraction of sp³-hybridized carbons (Fsp3) is 0.333. The van der Waals surface area contributed by atoms with E-state index in [-0.39, 0.29) is 6.42 Å². The van der Waals surface area contributed by atoms with Gasteiger partial charge in [-0.1, -0.05) is 11.2 Å². The number of nitrogens with zero attached hydrogens (tertiary/aromatic N) is 1. The van der Waals surface area contributed by atoms with Crippen LogP contribution in [-0.4, -0.2) is 16.2 Å². The molecule has 1 N–H and O–H groups in total. The molecule has 0 aliphatic rings. The van der Waals surface area contributed by atoms with Crippen LogP contribution in [0.25, 0.3) is 11.3 Å². The summed E-state index contributed by atoms with van der Waals surface area (Å²) < 4.78 is 5.31. The predicted molar refractivity (Wildman–Crippen MR) is 72.2 cm³/mol. The Labute approximate surface area is 112 Å². The van der Waals surface area contributed by atoms with E-state index in [1.165, 1.54) is 11.1 Å². The van der Waals surface area contributed by atoms with Crippen molar-refractivity contribution >= 4 is 5.97 Å². The maximum absolute atomic E-state index is 10.7. The van der Waals surface area contributed by atoms with Crippen molar-refractivity contribution in [2.45, 2.75) is 34.1 Å². The van der Waals surface area contributed by atoms with Crippen LogP contribution in [0.5, 0.6) is 0 Å². The topological polar surface area (TPSA) is 63.3 Å². The van der Waals surface area contributed by atoms with E-state index in [2.05, 4.69) is 25.1 Å². The monoisotopic (exact) mass is 259 g/mol. The molecule has 0 aliphatic carbocycles. The first kappa shape index (κ1) is 13.3. The highest BCUT2D eigenvalue weighted by molar-refractivity contribution is 5.72. The molecular formula is C15H17NO3. The summed E-state index contributed by atoms with van der Waals surface area (Å²) in [5.41, 5.74) is 6.12. The molecule has 0 amide bonds. The van der Waals surface area contributed by atoms with Gasteiger partial charge in [0.1, 0.15) is 0 Å². The molecule has 1 heterocycles. The molecule has 4 heteroatoms. The third-order valence-electron chi connectivity index (χ3n) is 3.50. The Balaban J connectivity index is 2.53. The van der Waals surface area contributed by atoms with Gasteiger partial charge in [0.15, 0.2) is 5.76 Å². The van der Waals surface area contributed by atoms with Crippen LogP contribution < -0.4 is 0 Å². The molecular weight excluding hydrogens is 242 g/mol. The van der Waals surface area contributed by atoms with Gasteiger partial charge in [-0.05, 0) is 49.9 Å². The Morgan fingerprint density at radius 2 is 1.74 bits per heavy atom. The Morgan fingerprint density at radius 3 is 2.26 bits per heavy atom. The van der Waals surface area contributed by atoms with Crippen molar-refractivity contribution < 1.29 is 14.4 Å². The number of carboxylic acids is 1. The lowest BCUT2D eigenvalue weighted by Crippen LogP contribution is -1.99. The number of hydrogen-bond acceptors (Lipinski definition) is 3. The van der Waals surface area contributed by atoms with E-state index in [9.17, 15) is 4.79 Å². The summed E-state index contributed by atoms with van der Waals surface area (Å²) in [5.74, 6) is -0.272. The van der Waals surface area contributed by atoms with Crippen LogP contribution in [0.1, 0.15) is 27.9 Å². The molecule has 2 aromatic rings. The molecule has 19 heavy (non-hydrogen) atoms. The number of hydrogen-bond donors (Lipinski definition) is 1. The number of carbonyl (C=O) groups is 1. The van der Waals surface area contributed by atoms with Crippen LogP contribution in [0, 0.1) is 27.7 Å². The molecule has 4 nitrogen and oxygen atoms in total. The minimum atomic E-state index is -0.909. The summed E-state index contributed by atoms with van der Waals surface area (Å²) in [6.45, 7) is 8.19. The minimum Gasteiger partial charge on any atom is -0.481 e. The highest BCUT2D eigenvalue weighted by atomic mass is 16.5. The van der Waals surface area contributed by atoms with Crippen LogP contribution in [0.15, 0.2) is 16.7 Å².